The van der Waals surface area contributed by atoms with Crippen LogP contribution in [0.1, 0.15) is 11.5 Å². The van der Waals surface area contributed by atoms with Crippen LogP contribution < -0.4 is 11.5 Å². The molecule has 0 aromatic heterocycles. The van der Waals surface area contributed by atoms with Gasteiger partial charge in [-0.25, -0.2) is 9.18 Å². The second-order valence-electron chi connectivity index (χ2n) is 6.54. The van der Waals surface area contributed by atoms with E-state index in [1.165, 1.54) is 35.4 Å². The Hall–Kier alpha value is -3.67. The molecule has 1 saturated heterocycles. The number of carbonyl (C=O) groups is 3. The van der Waals surface area contributed by atoms with E-state index in [1.807, 2.05) is 6.07 Å². The van der Waals surface area contributed by atoms with E-state index in [0.29, 0.717) is 5.56 Å². The molecule has 8 nitrogen and oxygen atoms in total. The van der Waals surface area contributed by atoms with Crippen molar-refractivity contribution in [3.05, 3.63) is 59.6 Å². The van der Waals surface area contributed by atoms with Gasteiger partial charge in [0, 0.05) is 12.1 Å². The van der Waals surface area contributed by atoms with Crippen molar-refractivity contribution in [3.8, 4) is 6.07 Å². The van der Waals surface area contributed by atoms with Gasteiger partial charge in [0.05, 0.1) is 24.8 Å². The molecule has 2 heterocycles. The molecule has 4 atom stereocenters. The number of rotatable bonds is 4. The number of methoxy groups -OCH3 is 1. The van der Waals surface area contributed by atoms with Gasteiger partial charge < -0.3 is 21.1 Å². The molecule has 1 aromatic carbocycles. The van der Waals surface area contributed by atoms with Crippen molar-refractivity contribution in [2.45, 2.75) is 18.0 Å². The van der Waals surface area contributed by atoms with Crippen molar-refractivity contribution < 1.29 is 23.5 Å². The van der Waals surface area contributed by atoms with Crippen LogP contribution in [0.3, 0.4) is 0 Å². The fraction of sp³-hybridized carbons (Fsp3) is 0.263. The summed E-state index contributed by atoms with van der Waals surface area (Å²) in [6.07, 6.45) is 4.13. The summed E-state index contributed by atoms with van der Waals surface area (Å²) >= 11 is 0. The van der Waals surface area contributed by atoms with E-state index in [1.54, 1.807) is 0 Å². The first kappa shape index (κ1) is 19.1. The second kappa shape index (κ2) is 6.81. The summed E-state index contributed by atoms with van der Waals surface area (Å²) in [6.45, 7) is 0. The number of carbonyl (C=O) groups excluding carboxylic acids is 3. The van der Waals surface area contributed by atoms with Crippen molar-refractivity contribution in [2.75, 3.05) is 7.11 Å². The Balaban J connectivity index is 2.29. The zero-order valence-corrected chi connectivity index (χ0v) is 14.8. The summed E-state index contributed by atoms with van der Waals surface area (Å²) in [5.41, 5.74) is 9.54. The van der Waals surface area contributed by atoms with E-state index < -0.39 is 47.0 Å². The van der Waals surface area contributed by atoms with Crippen LogP contribution in [0, 0.1) is 22.6 Å². The number of ether oxygens (including phenoxy) is 1. The summed E-state index contributed by atoms with van der Waals surface area (Å²) in [4.78, 5) is 38.2. The van der Waals surface area contributed by atoms with Crippen LogP contribution in [0.4, 0.5) is 4.39 Å². The first-order chi connectivity index (χ1) is 13.3. The Morgan fingerprint density at radius 3 is 2.39 bits per heavy atom. The van der Waals surface area contributed by atoms with E-state index in [0.717, 1.165) is 19.2 Å². The maximum Gasteiger partial charge on any atom is 0.329 e. The molecule has 28 heavy (non-hydrogen) atoms. The number of nitriles is 1. The van der Waals surface area contributed by atoms with Crippen molar-refractivity contribution in [3.63, 3.8) is 0 Å². The number of hydrogen-bond donors (Lipinski definition) is 2. The molecular weight excluding hydrogens is 367 g/mol. The molecule has 2 aliphatic rings. The standard InChI is InChI=1S/C19H17FN4O4/c1-28-17(26)15-14(10-2-5-12(20)6-3-10)19(9-21,18(23)27)13-7-4-11(16(22)25)8-24(13)15/h2-8,13-15H,1H3,(H2,22,25)(H2,23,27). The van der Waals surface area contributed by atoms with Crippen LogP contribution in [0.2, 0.25) is 0 Å². The van der Waals surface area contributed by atoms with Gasteiger partial charge in [-0.15, -0.1) is 0 Å². The lowest BCUT2D eigenvalue weighted by Gasteiger charge is -2.32. The maximum atomic E-state index is 13.4. The monoisotopic (exact) mass is 384 g/mol. The third-order valence-electron chi connectivity index (χ3n) is 5.21. The highest BCUT2D eigenvalue weighted by molar-refractivity contribution is 5.96. The molecule has 0 saturated carbocycles. The van der Waals surface area contributed by atoms with Crippen molar-refractivity contribution in [1.29, 1.82) is 5.26 Å². The molecule has 3 rings (SSSR count). The number of fused-ring (bicyclic) bond motifs is 1. The largest absolute Gasteiger partial charge is 0.467 e. The number of benzene rings is 1. The maximum absolute atomic E-state index is 13.4. The molecule has 2 aliphatic heterocycles. The van der Waals surface area contributed by atoms with Gasteiger partial charge in [-0.2, -0.15) is 5.26 Å². The number of esters is 1. The molecule has 0 spiro atoms. The van der Waals surface area contributed by atoms with Gasteiger partial charge >= 0.3 is 5.97 Å². The van der Waals surface area contributed by atoms with Crippen molar-refractivity contribution >= 4 is 17.8 Å². The van der Waals surface area contributed by atoms with Gasteiger partial charge in [-0.05, 0) is 23.8 Å². The summed E-state index contributed by atoms with van der Waals surface area (Å²) in [5, 5.41) is 10.0. The van der Waals surface area contributed by atoms with E-state index >= 15 is 0 Å². The summed E-state index contributed by atoms with van der Waals surface area (Å²) < 4.78 is 18.3. The third-order valence-corrected chi connectivity index (χ3v) is 5.21. The molecule has 1 aromatic rings. The highest BCUT2D eigenvalue weighted by atomic mass is 19.1. The van der Waals surface area contributed by atoms with E-state index in [9.17, 15) is 24.0 Å². The lowest BCUT2D eigenvalue weighted by molar-refractivity contribution is -0.145. The van der Waals surface area contributed by atoms with Crippen LogP contribution in [-0.4, -0.2) is 41.9 Å². The number of nitrogens with zero attached hydrogens (tertiary/aromatic N) is 2. The average Bonchev–Trinajstić information content (AvgIpc) is 2.98. The predicted molar refractivity (Wildman–Crippen MR) is 94.2 cm³/mol. The minimum Gasteiger partial charge on any atom is -0.467 e. The molecule has 4 N–H and O–H groups in total. The molecule has 2 amide bonds. The Bertz CT molecular complexity index is 950. The Morgan fingerprint density at radius 2 is 1.89 bits per heavy atom. The zero-order chi connectivity index (χ0) is 20.6. The highest BCUT2D eigenvalue weighted by Gasteiger charge is 2.65. The average molecular weight is 384 g/mol. The summed E-state index contributed by atoms with van der Waals surface area (Å²) in [5.74, 6) is -4.03. The van der Waals surface area contributed by atoms with E-state index in [-0.39, 0.29) is 5.57 Å². The fourth-order valence-electron chi connectivity index (χ4n) is 3.95. The van der Waals surface area contributed by atoms with Gasteiger partial charge in [-0.1, -0.05) is 18.2 Å². The Kier molecular flexibility index (Phi) is 4.65. The molecule has 4 unspecified atom stereocenters. The Labute approximate surface area is 159 Å². The molecule has 1 fully saturated rings. The molecule has 0 radical (unpaired) electrons. The third kappa shape index (κ3) is 2.62. The topological polar surface area (TPSA) is 140 Å². The minimum atomic E-state index is -1.87. The summed E-state index contributed by atoms with van der Waals surface area (Å²) in [6, 6.07) is 4.95. The van der Waals surface area contributed by atoms with E-state index in [2.05, 4.69) is 0 Å². The highest BCUT2D eigenvalue weighted by Crippen LogP contribution is 2.53. The molecule has 0 bridgehead atoms. The fourth-order valence-corrected chi connectivity index (χ4v) is 3.95. The molecule has 144 valence electrons. The quantitative estimate of drug-likeness (QED) is 0.704. The van der Waals surface area contributed by atoms with Crippen LogP contribution in [0.5, 0.6) is 0 Å². The first-order valence-electron chi connectivity index (χ1n) is 8.29. The summed E-state index contributed by atoms with van der Waals surface area (Å²) in [7, 11) is 1.16. The van der Waals surface area contributed by atoms with Gasteiger partial charge in [0.25, 0.3) is 0 Å². The van der Waals surface area contributed by atoms with Crippen molar-refractivity contribution in [1.82, 2.24) is 4.90 Å². The normalized spacial score (nSPS) is 28.1. The van der Waals surface area contributed by atoms with Crippen LogP contribution >= 0.6 is 0 Å². The predicted octanol–water partition coefficient (Wildman–Crippen LogP) is 0.0694. The van der Waals surface area contributed by atoms with Gasteiger partial charge in [0.15, 0.2) is 5.41 Å². The van der Waals surface area contributed by atoms with Gasteiger partial charge in [0.2, 0.25) is 11.8 Å². The SMILES string of the molecule is COC(=O)C1C(c2ccc(F)cc2)C(C#N)(C(N)=O)C2C=CC(C(N)=O)=CN12. The number of amides is 2. The van der Waals surface area contributed by atoms with Crippen molar-refractivity contribution in [2.24, 2.45) is 16.9 Å². The lowest BCUT2D eigenvalue weighted by atomic mass is 9.68. The number of primary amides is 2. The first-order valence-corrected chi connectivity index (χ1v) is 8.29. The number of nitrogens with two attached hydrogens (primary N) is 2. The Morgan fingerprint density at radius 1 is 1.25 bits per heavy atom. The number of halogens is 1. The minimum absolute atomic E-state index is 0.0845. The molecule has 9 heteroatoms. The molecule has 0 aliphatic carbocycles. The lowest BCUT2D eigenvalue weighted by Crippen LogP contribution is -2.48. The van der Waals surface area contributed by atoms with Crippen LogP contribution in [-0.2, 0) is 19.1 Å². The van der Waals surface area contributed by atoms with Crippen LogP contribution in [0.25, 0.3) is 0 Å². The number of hydrogen-bond acceptors (Lipinski definition) is 6. The molecular formula is C19H17FN4O4. The zero-order valence-electron chi connectivity index (χ0n) is 14.8. The smallest absolute Gasteiger partial charge is 0.329 e. The van der Waals surface area contributed by atoms with E-state index in [4.69, 9.17) is 16.2 Å². The van der Waals surface area contributed by atoms with Gasteiger partial charge in [0.1, 0.15) is 11.9 Å². The second-order valence-corrected chi connectivity index (χ2v) is 6.54. The van der Waals surface area contributed by atoms with Gasteiger partial charge in [-0.3, -0.25) is 9.59 Å². The van der Waals surface area contributed by atoms with Crippen LogP contribution in [0.15, 0.2) is 48.2 Å².